The fourth-order valence-electron chi connectivity index (χ4n) is 2.00. The van der Waals surface area contributed by atoms with Crippen LogP contribution in [0.4, 0.5) is 10.1 Å². The molecule has 0 aliphatic heterocycles. The van der Waals surface area contributed by atoms with Crippen molar-refractivity contribution in [2.75, 3.05) is 11.9 Å². The molecule has 2 aromatic carbocycles. The topological polar surface area (TPSA) is 32.3 Å². The summed E-state index contributed by atoms with van der Waals surface area (Å²) in [6.45, 7) is 4.70. The van der Waals surface area contributed by atoms with E-state index in [1.54, 1.807) is 12.1 Å². The highest BCUT2D eigenvalue weighted by atomic mass is 19.1. The van der Waals surface area contributed by atoms with Crippen molar-refractivity contribution in [2.24, 2.45) is 0 Å². The van der Waals surface area contributed by atoms with Gasteiger partial charge in [0.2, 0.25) is 0 Å². The Kier molecular flexibility index (Phi) is 4.74. The molecule has 2 rings (SSSR count). The Balaban J connectivity index is 1.92. The van der Waals surface area contributed by atoms with E-state index in [0.717, 1.165) is 5.69 Å². The van der Waals surface area contributed by atoms with Crippen LogP contribution in [0.3, 0.4) is 0 Å². The van der Waals surface area contributed by atoms with Gasteiger partial charge in [-0.15, -0.1) is 0 Å². The minimum absolute atomic E-state index is 0.293. The molecular weight excluding hydrogens is 253 g/mol. The van der Waals surface area contributed by atoms with Crippen LogP contribution < -0.4 is 5.32 Å². The summed E-state index contributed by atoms with van der Waals surface area (Å²) in [5.41, 5.74) is 2.96. The maximum Gasteiger partial charge on any atom is 0.123 e. The summed E-state index contributed by atoms with van der Waals surface area (Å²) >= 11 is 0. The van der Waals surface area contributed by atoms with Gasteiger partial charge in [0, 0.05) is 12.2 Å². The maximum absolute atomic E-state index is 12.8. The number of benzene rings is 2. The number of hydrogen-bond donors (Lipinski definition) is 2. The van der Waals surface area contributed by atoms with E-state index < -0.39 is 6.10 Å². The van der Waals surface area contributed by atoms with Crippen LogP contribution in [0.25, 0.3) is 0 Å². The SMILES string of the molecule is CC(C)c1ccc(NCC(O)c2ccc(F)cc2)cc1. The highest BCUT2D eigenvalue weighted by molar-refractivity contribution is 5.45. The number of rotatable bonds is 5. The summed E-state index contributed by atoms with van der Waals surface area (Å²) in [6.07, 6.45) is -0.652. The number of aliphatic hydroxyl groups is 1. The first-order valence-corrected chi connectivity index (χ1v) is 6.83. The average Bonchev–Trinajstić information content (AvgIpc) is 2.46. The fourth-order valence-corrected chi connectivity index (χ4v) is 2.00. The summed E-state index contributed by atoms with van der Waals surface area (Å²) < 4.78 is 12.8. The summed E-state index contributed by atoms with van der Waals surface area (Å²) in [6, 6.07) is 14.1. The van der Waals surface area contributed by atoms with E-state index in [1.165, 1.54) is 17.7 Å². The van der Waals surface area contributed by atoms with Gasteiger partial charge < -0.3 is 10.4 Å². The molecule has 106 valence electrons. The van der Waals surface area contributed by atoms with E-state index in [1.807, 2.05) is 12.1 Å². The zero-order valence-corrected chi connectivity index (χ0v) is 11.8. The summed E-state index contributed by atoms with van der Waals surface area (Å²) in [7, 11) is 0. The lowest BCUT2D eigenvalue weighted by Crippen LogP contribution is -2.12. The van der Waals surface area contributed by atoms with Gasteiger partial charge in [0.15, 0.2) is 0 Å². The third-order valence-electron chi connectivity index (χ3n) is 3.33. The minimum Gasteiger partial charge on any atom is -0.387 e. The maximum atomic E-state index is 12.8. The van der Waals surface area contributed by atoms with Crippen molar-refractivity contribution in [1.82, 2.24) is 0 Å². The first-order chi connectivity index (χ1) is 9.56. The molecule has 2 nitrogen and oxygen atoms in total. The number of hydrogen-bond acceptors (Lipinski definition) is 2. The molecule has 0 aliphatic rings. The molecule has 0 aromatic heterocycles. The van der Waals surface area contributed by atoms with Gasteiger partial charge >= 0.3 is 0 Å². The van der Waals surface area contributed by atoms with Crippen molar-refractivity contribution >= 4 is 5.69 Å². The Morgan fingerprint density at radius 3 is 2.05 bits per heavy atom. The van der Waals surface area contributed by atoms with Gasteiger partial charge in [-0.2, -0.15) is 0 Å². The predicted molar refractivity (Wildman–Crippen MR) is 80.4 cm³/mol. The second kappa shape index (κ2) is 6.53. The molecule has 20 heavy (non-hydrogen) atoms. The number of halogens is 1. The van der Waals surface area contributed by atoms with E-state index in [0.29, 0.717) is 18.0 Å². The van der Waals surface area contributed by atoms with Crippen LogP contribution >= 0.6 is 0 Å². The van der Waals surface area contributed by atoms with Crippen molar-refractivity contribution in [3.63, 3.8) is 0 Å². The Hall–Kier alpha value is -1.87. The van der Waals surface area contributed by atoms with Gasteiger partial charge in [-0.3, -0.25) is 0 Å². The van der Waals surface area contributed by atoms with Crippen molar-refractivity contribution in [3.8, 4) is 0 Å². The van der Waals surface area contributed by atoms with Crippen molar-refractivity contribution in [2.45, 2.75) is 25.9 Å². The predicted octanol–water partition coefficient (Wildman–Crippen LogP) is 4.09. The van der Waals surface area contributed by atoms with E-state index in [-0.39, 0.29) is 5.82 Å². The average molecular weight is 273 g/mol. The van der Waals surface area contributed by atoms with E-state index in [9.17, 15) is 9.50 Å². The Bertz CT molecular complexity index is 534. The van der Waals surface area contributed by atoms with Gasteiger partial charge in [0.05, 0.1) is 6.10 Å². The largest absolute Gasteiger partial charge is 0.387 e. The Labute approximate surface area is 119 Å². The summed E-state index contributed by atoms with van der Waals surface area (Å²) in [5.74, 6) is 0.215. The second-order valence-corrected chi connectivity index (χ2v) is 5.22. The fraction of sp³-hybridized carbons (Fsp3) is 0.294. The highest BCUT2D eigenvalue weighted by Gasteiger charge is 2.07. The Morgan fingerprint density at radius 2 is 1.50 bits per heavy atom. The van der Waals surface area contributed by atoms with Gasteiger partial charge in [-0.1, -0.05) is 38.1 Å². The van der Waals surface area contributed by atoms with Crippen LogP contribution in [0.2, 0.25) is 0 Å². The molecular formula is C17H20FNO. The lowest BCUT2D eigenvalue weighted by Gasteiger charge is -2.14. The second-order valence-electron chi connectivity index (χ2n) is 5.22. The smallest absolute Gasteiger partial charge is 0.123 e. The minimum atomic E-state index is -0.652. The standard InChI is InChI=1S/C17H20FNO/c1-12(2)13-5-9-16(10-6-13)19-11-17(20)14-3-7-15(18)8-4-14/h3-10,12,17,19-20H,11H2,1-2H3. The molecule has 0 fully saturated rings. The van der Waals surface area contributed by atoms with Crippen molar-refractivity contribution < 1.29 is 9.50 Å². The van der Waals surface area contributed by atoms with Crippen LogP contribution in [0.5, 0.6) is 0 Å². The van der Waals surface area contributed by atoms with Crippen LogP contribution in [-0.2, 0) is 0 Å². The molecule has 2 N–H and O–H groups in total. The van der Waals surface area contributed by atoms with Gasteiger partial charge in [0.25, 0.3) is 0 Å². The highest BCUT2D eigenvalue weighted by Crippen LogP contribution is 2.19. The van der Waals surface area contributed by atoms with E-state index in [4.69, 9.17) is 0 Å². The van der Waals surface area contributed by atoms with Gasteiger partial charge in [-0.25, -0.2) is 4.39 Å². The summed E-state index contributed by atoms with van der Waals surface area (Å²) in [4.78, 5) is 0. The molecule has 2 aromatic rings. The molecule has 3 heteroatoms. The monoisotopic (exact) mass is 273 g/mol. The molecule has 1 unspecified atom stereocenters. The van der Waals surface area contributed by atoms with Crippen LogP contribution in [0.15, 0.2) is 48.5 Å². The molecule has 0 saturated carbocycles. The molecule has 0 spiro atoms. The van der Waals surface area contributed by atoms with Gasteiger partial charge in [-0.05, 0) is 41.3 Å². The molecule has 0 radical (unpaired) electrons. The lowest BCUT2D eigenvalue weighted by molar-refractivity contribution is 0.191. The van der Waals surface area contributed by atoms with E-state index >= 15 is 0 Å². The molecule has 0 bridgehead atoms. The molecule has 0 aliphatic carbocycles. The Morgan fingerprint density at radius 1 is 0.950 bits per heavy atom. The molecule has 0 saturated heterocycles. The zero-order valence-electron chi connectivity index (χ0n) is 11.8. The molecule has 1 atom stereocenters. The quantitative estimate of drug-likeness (QED) is 0.859. The first kappa shape index (κ1) is 14.5. The van der Waals surface area contributed by atoms with Crippen molar-refractivity contribution in [1.29, 1.82) is 0 Å². The van der Waals surface area contributed by atoms with Crippen LogP contribution in [0, 0.1) is 5.82 Å². The van der Waals surface area contributed by atoms with E-state index in [2.05, 4.69) is 31.3 Å². The number of nitrogens with one attached hydrogen (secondary N) is 1. The lowest BCUT2D eigenvalue weighted by atomic mass is 10.0. The zero-order chi connectivity index (χ0) is 14.5. The third-order valence-corrected chi connectivity index (χ3v) is 3.33. The number of aliphatic hydroxyl groups excluding tert-OH is 1. The third kappa shape index (κ3) is 3.81. The van der Waals surface area contributed by atoms with Crippen molar-refractivity contribution in [3.05, 3.63) is 65.5 Å². The van der Waals surface area contributed by atoms with Crippen LogP contribution in [0.1, 0.15) is 37.0 Å². The summed E-state index contributed by atoms with van der Waals surface area (Å²) in [5, 5.41) is 13.2. The first-order valence-electron chi connectivity index (χ1n) is 6.83. The van der Waals surface area contributed by atoms with Crippen LogP contribution in [-0.4, -0.2) is 11.7 Å². The number of anilines is 1. The molecule has 0 amide bonds. The normalized spacial score (nSPS) is 12.4. The van der Waals surface area contributed by atoms with Gasteiger partial charge in [0.1, 0.15) is 5.82 Å². The molecule has 0 heterocycles.